The van der Waals surface area contributed by atoms with Gasteiger partial charge < -0.3 is 14.5 Å². The predicted octanol–water partition coefficient (Wildman–Crippen LogP) is 3.63. The highest BCUT2D eigenvalue weighted by Gasteiger charge is 2.43. The summed E-state index contributed by atoms with van der Waals surface area (Å²) in [4.78, 5) is 16.8. The molecule has 2 aliphatic rings. The van der Waals surface area contributed by atoms with E-state index in [9.17, 15) is 22.0 Å². The molecule has 2 aromatic carbocycles. The summed E-state index contributed by atoms with van der Waals surface area (Å²) in [5.74, 6) is -1.43. The SMILES string of the molecule is CN1CCN(C(=O)CC2(COc3ccc(Cl)cc3)CCCN(S(=O)(=O)c3cc(F)cc(F)c3)C2)CC1. The molecule has 1 unspecified atom stereocenters. The number of rotatable bonds is 7. The Hall–Kier alpha value is -2.27. The lowest BCUT2D eigenvalue weighted by Crippen LogP contribution is -2.53. The number of carbonyl (C=O) groups excluding carboxylic acids is 1. The van der Waals surface area contributed by atoms with Crippen LogP contribution in [0, 0.1) is 17.0 Å². The molecular formula is C25H30ClF2N3O4S. The molecule has 11 heteroatoms. The summed E-state index contributed by atoms with van der Waals surface area (Å²) in [5.41, 5.74) is -0.808. The first-order valence-electron chi connectivity index (χ1n) is 11.9. The zero-order chi connectivity index (χ0) is 25.9. The van der Waals surface area contributed by atoms with Crippen LogP contribution in [0.5, 0.6) is 5.75 Å². The van der Waals surface area contributed by atoms with Crippen LogP contribution in [0.1, 0.15) is 19.3 Å². The standard InChI is InChI=1S/C25H30ClF2N3O4S/c1-29-9-11-30(12-10-29)24(32)16-25(18-35-22-5-3-19(26)4-6-22)7-2-8-31(17-25)36(33,34)23-14-20(27)13-21(28)15-23/h3-6,13-15H,2,7-12,16-18H2,1H3. The van der Waals surface area contributed by atoms with Crippen LogP contribution in [0.15, 0.2) is 47.4 Å². The maximum atomic E-state index is 13.8. The minimum absolute atomic E-state index is 0.000534. The fourth-order valence-corrected chi connectivity index (χ4v) is 6.52. The van der Waals surface area contributed by atoms with E-state index in [-0.39, 0.29) is 32.0 Å². The van der Waals surface area contributed by atoms with Gasteiger partial charge in [0.05, 0.1) is 11.5 Å². The third-order valence-corrected chi connectivity index (χ3v) is 8.92. The van der Waals surface area contributed by atoms with Gasteiger partial charge in [0.25, 0.3) is 0 Å². The number of benzene rings is 2. The first-order valence-corrected chi connectivity index (χ1v) is 13.7. The molecule has 196 valence electrons. The number of piperidine rings is 1. The number of amides is 1. The first kappa shape index (κ1) is 26.8. The van der Waals surface area contributed by atoms with E-state index in [1.807, 2.05) is 7.05 Å². The molecular weight excluding hydrogens is 512 g/mol. The normalized spacial score (nSPS) is 21.9. The van der Waals surface area contributed by atoms with Crippen molar-refractivity contribution in [2.24, 2.45) is 5.41 Å². The Morgan fingerprint density at radius 1 is 1.03 bits per heavy atom. The molecule has 0 radical (unpaired) electrons. The predicted molar refractivity (Wildman–Crippen MR) is 132 cm³/mol. The summed E-state index contributed by atoms with van der Waals surface area (Å²) >= 11 is 5.97. The number of piperazine rings is 1. The van der Waals surface area contributed by atoms with Crippen molar-refractivity contribution in [3.8, 4) is 5.75 Å². The Morgan fingerprint density at radius 3 is 2.31 bits per heavy atom. The van der Waals surface area contributed by atoms with Crippen LogP contribution < -0.4 is 4.74 Å². The number of likely N-dealkylation sites (N-methyl/N-ethyl adjacent to an activating group) is 1. The van der Waals surface area contributed by atoms with Crippen molar-refractivity contribution < 1.29 is 26.7 Å². The number of hydrogen-bond donors (Lipinski definition) is 0. The van der Waals surface area contributed by atoms with Gasteiger partial charge in [-0.25, -0.2) is 17.2 Å². The number of hydrogen-bond acceptors (Lipinski definition) is 5. The molecule has 2 aliphatic heterocycles. The van der Waals surface area contributed by atoms with E-state index in [4.69, 9.17) is 16.3 Å². The molecule has 1 atom stereocenters. The molecule has 4 rings (SSSR count). The van der Waals surface area contributed by atoms with Crippen LogP contribution in [-0.2, 0) is 14.8 Å². The highest BCUT2D eigenvalue weighted by Crippen LogP contribution is 2.37. The van der Waals surface area contributed by atoms with Crippen molar-refractivity contribution in [1.29, 1.82) is 0 Å². The molecule has 0 bridgehead atoms. The van der Waals surface area contributed by atoms with Crippen LogP contribution in [-0.4, -0.2) is 81.4 Å². The summed E-state index contributed by atoms with van der Waals surface area (Å²) in [5, 5.41) is 0.555. The van der Waals surface area contributed by atoms with E-state index in [0.29, 0.717) is 42.8 Å². The third-order valence-electron chi connectivity index (χ3n) is 6.84. The largest absolute Gasteiger partial charge is 0.493 e. The lowest BCUT2D eigenvalue weighted by molar-refractivity contribution is -0.136. The smallest absolute Gasteiger partial charge is 0.243 e. The van der Waals surface area contributed by atoms with Gasteiger partial charge in [-0.1, -0.05) is 11.6 Å². The maximum Gasteiger partial charge on any atom is 0.243 e. The highest BCUT2D eigenvalue weighted by molar-refractivity contribution is 7.89. The third kappa shape index (κ3) is 6.34. The molecule has 36 heavy (non-hydrogen) atoms. The fourth-order valence-electron chi connectivity index (χ4n) is 4.76. The van der Waals surface area contributed by atoms with Crippen LogP contribution in [0.3, 0.4) is 0 Å². The zero-order valence-corrected chi connectivity index (χ0v) is 21.7. The van der Waals surface area contributed by atoms with Gasteiger partial charge in [0.15, 0.2) is 0 Å². The molecule has 1 amide bonds. The summed E-state index contributed by atoms with van der Waals surface area (Å²) in [6, 6.07) is 9.07. The first-order chi connectivity index (χ1) is 17.1. The van der Waals surface area contributed by atoms with E-state index in [0.717, 1.165) is 25.2 Å². The Kier molecular flexibility index (Phi) is 8.18. The van der Waals surface area contributed by atoms with Crippen LogP contribution >= 0.6 is 11.6 Å². The molecule has 0 aliphatic carbocycles. The molecule has 2 fully saturated rings. The van der Waals surface area contributed by atoms with Crippen LogP contribution in [0.25, 0.3) is 0 Å². The zero-order valence-electron chi connectivity index (χ0n) is 20.1. The lowest BCUT2D eigenvalue weighted by Gasteiger charge is -2.43. The maximum absolute atomic E-state index is 13.8. The second-order valence-electron chi connectivity index (χ2n) is 9.65. The molecule has 2 heterocycles. The monoisotopic (exact) mass is 541 g/mol. The van der Waals surface area contributed by atoms with Gasteiger partial charge in [-0.05, 0) is 56.3 Å². The second kappa shape index (κ2) is 11.0. The molecule has 0 saturated carbocycles. The second-order valence-corrected chi connectivity index (χ2v) is 12.0. The molecule has 2 saturated heterocycles. The Balaban J connectivity index is 1.58. The Labute approximate surface area is 215 Å². The van der Waals surface area contributed by atoms with Gasteiger partial charge in [0.1, 0.15) is 17.4 Å². The number of halogens is 3. The van der Waals surface area contributed by atoms with Gasteiger partial charge in [-0.15, -0.1) is 0 Å². The van der Waals surface area contributed by atoms with Crippen molar-refractivity contribution in [2.45, 2.75) is 24.2 Å². The van der Waals surface area contributed by atoms with Gasteiger partial charge in [-0.3, -0.25) is 4.79 Å². The minimum Gasteiger partial charge on any atom is -0.493 e. The van der Waals surface area contributed by atoms with Crippen molar-refractivity contribution in [2.75, 3.05) is 52.9 Å². The molecule has 0 spiro atoms. The van der Waals surface area contributed by atoms with E-state index in [1.165, 1.54) is 4.31 Å². The quantitative estimate of drug-likeness (QED) is 0.535. The van der Waals surface area contributed by atoms with E-state index in [2.05, 4.69) is 4.90 Å². The van der Waals surface area contributed by atoms with Crippen molar-refractivity contribution in [1.82, 2.24) is 14.1 Å². The van der Waals surface area contributed by atoms with E-state index in [1.54, 1.807) is 29.2 Å². The number of carbonyl (C=O) groups is 1. The van der Waals surface area contributed by atoms with Gasteiger partial charge >= 0.3 is 0 Å². The summed E-state index contributed by atoms with van der Waals surface area (Å²) < 4.78 is 61.6. The summed E-state index contributed by atoms with van der Waals surface area (Å²) in [6.45, 7) is 3.05. The fraction of sp³-hybridized carbons (Fsp3) is 0.480. The van der Waals surface area contributed by atoms with E-state index < -0.39 is 32.0 Å². The minimum atomic E-state index is -4.19. The highest BCUT2D eigenvalue weighted by atomic mass is 35.5. The number of sulfonamides is 1. The lowest BCUT2D eigenvalue weighted by atomic mass is 9.78. The Bertz CT molecular complexity index is 1170. The van der Waals surface area contributed by atoms with Crippen molar-refractivity contribution in [3.63, 3.8) is 0 Å². The van der Waals surface area contributed by atoms with Gasteiger partial charge in [0, 0.05) is 62.2 Å². The summed E-state index contributed by atoms with van der Waals surface area (Å²) in [7, 11) is -2.18. The van der Waals surface area contributed by atoms with Gasteiger partial charge in [0.2, 0.25) is 15.9 Å². The van der Waals surface area contributed by atoms with Crippen molar-refractivity contribution in [3.05, 3.63) is 59.1 Å². The Morgan fingerprint density at radius 2 is 1.67 bits per heavy atom. The molecule has 0 aromatic heterocycles. The molecule has 0 N–H and O–H groups in total. The van der Waals surface area contributed by atoms with E-state index >= 15 is 0 Å². The summed E-state index contributed by atoms with van der Waals surface area (Å²) in [6.07, 6.45) is 1.16. The molecule has 7 nitrogen and oxygen atoms in total. The number of nitrogens with zero attached hydrogens (tertiary/aromatic N) is 3. The van der Waals surface area contributed by atoms with Crippen LogP contribution in [0.2, 0.25) is 5.02 Å². The average Bonchev–Trinajstić information content (AvgIpc) is 2.83. The number of ether oxygens (including phenoxy) is 1. The van der Waals surface area contributed by atoms with Crippen molar-refractivity contribution >= 4 is 27.5 Å². The van der Waals surface area contributed by atoms with Crippen LogP contribution in [0.4, 0.5) is 8.78 Å². The average molecular weight is 542 g/mol. The van der Waals surface area contributed by atoms with Gasteiger partial charge in [-0.2, -0.15) is 4.31 Å². The topological polar surface area (TPSA) is 70.2 Å². The molecule has 2 aromatic rings.